The van der Waals surface area contributed by atoms with E-state index in [1.54, 1.807) is 19.0 Å². The molecule has 0 radical (unpaired) electrons. The van der Waals surface area contributed by atoms with Gasteiger partial charge >= 0.3 is 0 Å². The molecule has 7 heteroatoms. The van der Waals surface area contributed by atoms with Crippen LogP contribution in [0.1, 0.15) is 28.4 Å². The highest BCUT2D eigenvalue weighted by Crippen LogP contribution is 2.22. The number of benzene rings is 2. The van der Waals surface area contributed by atoms with E-state index >= 15 is 0 Å². The average Bonchev–Trinajstić information content (AvgIpc) is 2.83. The normalized spacial score (nSPS) is 14.2. The van der Waals surface area contributed by atoms with Crippen LogP contribution in [0.4, 0.5) is 5.69 Å². The number of ether oxygens (including phenoxy) is 1. The summed E-state index contributed by atoms with van der Waals surface area (Å²) in [5.41, 5.74) is 4.28. The van der Waals surface area contributed by atoms with Crippen molar-refractivity contribution < 1.29 is 9.53 Å². The van der Waals surface area contributed by atoms with E-state index in [2.05, 4.69) is 52.8 Å². The van der Waals surface area contributed by atoms with Crippen LogP contribution in [0.2, 0.25) is 0 Å². The molecule has 2 N–H and O–H groups in total. The summed E-state index contributed by atoms with van der Waals surface area (Å²) in [4.78, 5) is 21.0. The lowest BCUT2D eigenvalue weighted by Gasteiger charge is -2.30. The van der Waals surface area contributed by atoms with Crippen molar-refractivity contribution in [2.24, 2.45) is 4.99 Å². The number of carbonyl (C=O) groups excluding carboxylic acids is 1. The predicted molar refractivity (Wildman–Crippen MR) is 130 cm³/mol. The first-order valence-corrected chi connectivity index (χ1v) is 11.3. The number of hydrogen-bond donors (Lipinski definition) is 2. The van der Waals surface area contributed by atoms with Gasteiger partial charge in [0, 0.05) is 51.5 Å². The SMILES string of the molecule is CCNC(=NCc1ccccc1N1CCOCC1)NCCc1cccc(C(=O)N(C)C)c1. The van der Waals surface area contributed by atoms with Crippen LogP contribution in [0, 0.1) is 0 Å². The van der Waals surface area contributed by atoms with Gasteiger partial charge in [0.15, 0.2) is 5.96 Å². The van der Waals surface area contributed by atoms with Gasteiger partial charge in [-0.1, -0.05) is 30.3 Å². The Morgan fingerprint density at radius 1 is 1.09 bits per heavy atom. The minimum absolute atomic E-state index is 0.0219. The zero-order valence-electron chi connectivity index (χ0n) is 19.4. The summed E-state index contributed by atoms with van der Waals surface area (Å²) in [7, 11) is 3.54. The summed E-state index contributed by atoms with van der Waals surface area (Å²) in [6.45, 7) is 7.56. The van der Waals surface area contributed by atoms with Crippen LogP contribution in [0.3, 0.4) is 0 Å². The first kappa shape index (κ1) is 23.6. The molecular weight excluding hydrogens is 402 g/mol. The van der Waals surface area contributed by atoms with Gasteiger partial charge in [-0.05, 0) is 42.7 Å². The molecule has 1 saturated heterocycles. The lowest BCUT2D eigenvalue weighted by Crippen LogP contribution is -2.38. The maximum Gasteiger partial charge on any atom is 0.253 e. The fraction of sp³-hybridized carbons (Fsp3) is 0.440. The molecule has 7 nitrogen and oxygen atoms in total. The third kappa shape index (κ3) is 6.72. The van der Waals surface area contributed by atoms with Crippen molar-refractivity contribution in [3.8, 4) is 0 Å². The molecule has 1 aliphatic rings. The Balaban J connectivity index is 1.60. The van der Waals surface area contributed by atoms with Crippen molar-refractivity contribution >= 4 is 17.6 Å². The fourth-order valence-electron chi connectivity index (χ4n) is 3.71. The van der Waals surface area contributed by atoms with Crippen LogP contribution in [0.15, 0.2) is 53.5 Å². The Labute approximate surface area is 191 Å². The number of morpholine rings is 1. The zero-order valence-corrected chi connectivity index (χ0v) is 19.4. The molecular formula is C25H35N5O2. The lowest BCUT2D eigenvalue weighted by molar-refractivity contribution is 0.0827. The van der Waals surface area contributed by atoms with Gasteiger partial charge in [-0.2, -0.15) is 0 Å². The van der Waals surface area contributed by atoms with Crippen LogP contribution in [0.5, 0.6) is 0 Å². The van der Waals surface area contributed by atoms with E-state index < -0.39 is 0 Å². The van der Waals surface area contributed by atoms with Gasteiger partial charge in [-0.25, -0.2) is 4.99 Å². The van der Waals surface area contributed by atoms with E-state index in [0.717, 1.165) is 57.3 Å². The highest BCUT2D eigenvalue weighted by molar-refractivity contribution is 5.94. The van der Waals surface area contributed by atoms with Crippen molar-refractivity contribution in [3.63, 3.8) is 0 Å². The third-order valence-electron chi connectivity index (χ3n) is 5.38. The number of nitrogens with one attached hydrogen (secondary N) is 2. The number of anilines is 1. The van der Waals surface area contributed by atoms with E-state index in [4.69, 9.17) is 9.73 Å². The smallest absolute Gasteiger partial charge is 0.253 e. The number of para-hydroxylation sites is 1. The number of nitrogens with zero attached hydrogens (tertiary/aromatic N) is 3. The van der Waals surface area contributed by atoms with E-state index in [0.29, 0.717) is 12.1 Å². The molecule has 0 aliphatic carbocycles. The van der Waals surface area contributed by atoms with Gasteiger partial charge in [0.05, 0.1) is 19.8 Å². The Morgan fingerprint density at radius 2 is 1.88 bits per heavy atom. The average molecular weight is 438 g/mol. The molecule has 1 fully saturated rings. The Morgan fingerprint density at radius 3 is 2.62 bits per heavy atom. The molecule has 0 atom stereocenters. The summed E-state index contributed by atoms with van der Waals surface area (Å²) in [6, 6.07) is 16.3. The van der Waals surface area contributed by atoms with Crippen molar-refractivity contribution in [2.75, 3.05) is 58.4 Å². The summed E-state index contributed by atoms with van der Waals surface area (Å²) in [5.74, 6) is 0.818. The minimum atomic E-state index is 0.0219. The van der Waals surface area contributed by atoms with E-state index in [1.807, 2.05) is 18.2 Å². The minimum Gasteiger partial charge on any atom is -0.378 e. The lowest BCUT2D eigenvalue weighted by atomic mass is 10.1. The summed E-state index contributed by atoms with van der Waals surface area (Å²) >= 11 is 0. The Hall–Kier alpha value is -3.06. The van der Waals surface area contributed by atoms with Gasteiger partial charge < -0.3 is 25.2 Å². The summed E-state index contributed by atoms with van der Waals surface area (Å²) in [6.07, 6.45) is 0.809. The molecule has 0 aromatic heterocycles. The molecule has 0 unspecified atom stereocenters. The van der Waals surface area contributed by atoms with Gasteiger partial charge in [-0.15, -0.1) is 0 Å². The topological polar surface area (TPSA) is 69.2 Å². The molecule has 1 aliphatic heterocycles. The maximum atomic E-state index is 12.2. The molecule has 32 heavy (non-hydrogen) atoms. The number of amides is 1. The second-order valence-corrected chi connectivity index (χ2v) is 8.00. The second-order valence-electron chi connectivity index (χ2n) is 8.00. The number of aliphatic imine (C=N–C) groups is 1. The molecule has 1 amide bonds. The van der Waals surface area contributed by atoms with Gasteiger partial charge in [0.2, 0.25) is 0 Å². The number of guanidine groups is 1. The molecule has 2 aromatic carbocycles. The van der Waals surface area contributed by atoms with Crippen molar-refractivity contribution in [2.45, 2.75) is 19.9 Å². The second kappa shape index (κ2) is 12.1. The van der Waals surface area contributed by atoms with Crippen LogP contribution in [-0.4, -0.2) is 70.3 Å². The van der Waals surface area contributed by atoms with E-state index in [1.165, 1.54) is 11.3 Å². The summed E-state index contributed by atoms with van der Waals surface area (Å²) < 4.78 is 5.49. The van der Waals surface area contributed by atoms with Crippen molar-refractivity contribution in [1.29, 1.82) is 0 Å². The Kier molecular flexibility index (Phi) is 8.92. The fourth-order valence-corrected chi connectivity index (χ4v) is 3.71. The van der Waals surface area contributed by atoms with Crippen LogP contribution in [-0.2, 0) is 17.7 Å². The number of rotatable bonds is 8. The van der Waals surface area contributed by atoms with E-state index in [-0.39, 0.29) is 5.91 Å². The number of hydrogen-bond acceptors (Lipinski definition) is 4. The maximum absolute atomic E-state index is 12.2. The molecule has 1 heterocycles. The molecule has 172 valence electrons. The summed E-state index contributed by atoms with van der Waals surface area (Å²) in [5, 5.41) is 6.75. The highest BCUT2D eigenvalue weighted by atomic mass is 16.5. The highest BCUT2D eigenvalue weighted by Gasteiger charge is 2.14. The van der Waals surface area contributed by atoms with Gasteiger partial charge in [0.1, 0.15) is 0 Å². The first-order valence-electron chi connectivity index (χ1n) is 11.3. The standard InChI is InChI=1S/C25H35N5O2/c1-4-26-25(27-13-12-20-8-7-10-21(18-20)24(31)29(2)3)28-19-22-9-5-6-11-23(22)30-14-16-32-17-15-30/h5-11,18H,4,12-17,19H2,1-3H3,(H2,26,27,28). The largest absolute Gasteiger partial charge is 0.378 e. The van der Waals surface area contributed by atoms with Crippen LogP contribution < -0.4 is 15.5 Å². The quantitative estimate of drug-likeness (QED) is 0.491. The van der Waals surface area contributed by atoms with Crippen molar-refractivity contribution in [1.82, 2.24) is 15.5 Å². The van der Waals surface area contributed by atoms with E-state index in [9.17, 15) is 4.79 Å². The predicted octanol–water partition coefficient (Wildman–Crippen LogP) is 2.52. The molecule has 2 aromatic rings. The first-order chi connectivity index (χ1) is 15.6. The van der Waals surface area contributed by atoms with Crippen LogP contribution in [0.25, 0.3) is 0 Å². The molecule has 0 bridgehead atoms. The van der Waals surface area contributed by atoms with Crippen LogP contribution >= 0.6 is 0 Å². The monoisotopic (exact) mass is 437 g/mol. The molecule has 3 rings (SSSR count). The van der Waals surface area contributed by atoms with Crippen molar-refractivity contribution in [3.05, 3.63) is 65.2 Å². The zero-order chi connectivity index (χ0) is 22.8. The Bertz CT molecular complexity index is 907. The van der Waals surface area contributed by atoms with Gasteiger partial charge in [-0.3, -0.25) is 4.79 Å². The molecule has 0 saturated carbocycles. The molecule has 0 spiro atoms. The number of carbonyl (C=O) groups is 1. The van der Waals surface area contributed by atoms with Gasteiger partial charge in [0.25, 0.3) is 5.91 Å². The third-order valence-corrected chi connectivity index (χ3v) is 5.38.